The van der Waals surface area contributed by atoms with E-state index in [4.69, 9.17) is 0 Å². The highest BCUT2D eigenvalue weighted by molar-refractivity contribution is 8.68. The summed E-state index contributed by atoms with van der Waals surface area (Å²) in [6.45, 7) is 6.90. The maximum Gasteiger partial charge on any atom is 0.0162 e. The maximum absolute atomic E-state index is 4.09. The van der Waals surface area contributed by atoms with E-state index < -0.39 is 0 Å². The molecule has 0 aromatic rings. The zero-order valence-electron chi connectivity index (χ0n) is 7.71. The smallest absolute Gasteiger partial charge is 0.0162 e. The van der Waals surface area contributed by atoms with Crippen LogP contribution in [-0.4, -0.2) is 30.8 Å². The molecule has 0 heterocycles. The van der Waals surface area contributed by atoms with Crippen molar-refractivity contribution in [1.29, 1.82) is 0 Å². The minimum Gasteiger partial charge on any atom is -0.306 e. The molecule has 0 atom stereocenters. The first-order valence-corrected chi connectivity index (χ1v) is 6.15. The van der Waals surface area contributed by atoms with Gasteiger partial charge in [-0.1, -0.05) is 24.6 Å². The average molecular weight is 193 g/mol. The van der Waals surface area contributed by atoms with Crippen molar-refractivity contribution in [3.63, 3.8) is 0 Å². The van der Waals surface area contributed by atoms with E-state index >= 15 is 0 Å². The van der Waals surface area contributed by atoms with Gasteiger partial charge < -0.3 is 4.90 Å². The van der Waals surface area contributed by atoms with Crippen LogP contribution in [-0.2, 0) is 0 Å². The molecule has 0 unspecified atom stereocenters. The predicted molar refractivity (Wildman–Crippen MR) is 58.4 cm³/mol. The van der Waals surface area contributed by atoms with Crippen LogP contribution in [0.4, 0.5) is 0 Å². The van der Waals surface area contributed by atoms with Crippen molar-refractivity contribution in [2.24, 2.45) is 5.92 Å². The van der Waals surface area contributed by atoms with Gasteiger partial charge >= 0.3 is 0 Å². The summed E-state index contributed by atoms with van der Waals surface area (Å²) in [5.74, 6) is 1.94. The first kappa shape index (κ1) is 11.7. The van der Waals surface area contributed by atoms with Crippen molar-refractivity contribution in [2.75, 3.05) is 25.9 Å². The molecule has 0 spiro atoms. The fraction of sp³-hybridized carbons (Fsp3) is 1.00. The van der Waals surface area contributed by atoms with Crippen molar-refractivity contribution >= 4 is 22.5 Å². The Morgan fingerprint density at radius 3 is 2.45 bits per heavy atom. The Balaban J connectivity index is 3.15. The van der Waals surface area contributed by atoms with Gasteiger partial charge in [-0.25, -0.2) is 0 Å². The molecule has 1 nitrogen and oxygen atoms in total. The number of rotatable bonds is 6. The average Bonchev–Trinajstić information content (AvgIpc) is 1.97. The van der Waals surface area contributed by atoms with E-state index in [1.807, 2.05) is 0 Å². The minimum absolute atomic E-state index is 0.820. The molecule has 0 rings (SSSR count). The molecule has 3 heteroatoms. The van der Waals surface area contributed by atoms with Crippen molar-refractivity contribution in [3.05, 3.63) is 0 Å². The second-order valence-electron chi connectivity index (χ2n) is 3.32. The lowest BCUT2D eigenvalue weighted by molar-refractivity contribution is 0.328. The molecule has 0 aromatic heterocycles. The summed E-state index contributed by atoms with van der Waals surface area (Å²) in [4.78, 5) is 2.36. The maximum atomic E-state index is 4.09. The first-order valence-electron chi connectivity index (χ1n) is 4.11. The fourth-order valence-electron chi connectivity index (χ4n) is 0.787. The lowest BCUT2D eigenvalue weighted by Gasteiger charge is -2.16. The fourth-order valence-corrected chi connectivity index (χ4v) is 1.43. The molecular weight excluding hydrogens is 174 g/mol. The van der Waals surface area contributed by atoms with Gasteiger partial charge in [-0.05, 0) is 25.9 Å². The van der Waals surface area contributed by atoms with Crippen molar-refractivity contribution in [3.8, 4) is 0 Å². The first-order chi connectivity index (χ1) is 5.16. The zero-order valence-corrected chi connectivity index (χ0v) is 9.42. The molecule has 0 saturated heterocycles. The van der Waals surface area contributed by atoms with Gasteiger partial charge in [0.25, 0.3) is 0 Å². The molecule has 0 aliphatic heterocycles. The Hall–Kier alpha value is 0.660. The minimum atomic E-state index is 0.820. The van der Waals surface area contributed by atoms with E-state index in [-0.39, 0.29) is 0 Å². The van der Waals surface area contributed by atoms with Crippen molar-refractivity contribution in [2.45, 2.75) is 20.3 Å². The summed E-state index contributed by atoms with van der Waals surface area (Å²) in [5.41, 5.74) is 0. The molecule has 0 radical (unpaired) electrons. The van der Waals surface area contributed by atoms with Crippen LogP contribution in [0.2, 0.25) is 0 Å². The monoisotopic (exact) mass is 193 g/mol. The Morgan fingerprint density at radius 1 is 1.36 bits per heavy atom. The number of nitrogens with zero attached hydrogens (tertiary/aromatic N) is 1. The van der Waals surface area contributed by atoms with Gasteiger partial charge in [0, 0.05) is 12.3 Å². The van der Waals surface area contributed by atoms with E-state index in [0.717, 1.165) is 18.2 Å². The van der Waals surface area contributed by atoms with Crippen LogP contribution in [0, 0.1) is 5.92 Å². The number of thiol groups is 1. The van der Waals surface area contributed by atoms with Crippen LogP contribution < -0.4 is 0 Å². The quantitative estimate of drug-likeness (QED) is 0.510. The molecule has 0 saturated carbocycles. The summed E-state index contributed by atoms with van der Waals surface area (Å²) >= 11 is 4.09. The molecular formula is C8H19NS2. The van der Waals surface area contributed by atoms with Gasteiger partial charge in [-0.3, -0.25) is 0 Å². The Labute approximate surface area is 79.7 Å². The van der Waals surface area contributed by atoms with Gasteiger partial charge in [0.15, 0.2) is 0 Å². The summed E-state index contributed by atoms with van der Waals surface area (Å²) in [6, 6.07) is 0. The van der Waals surface area contributed by atoms with E-state index in [2.05, 4.69) is 37.5 Å². The van der Waals surface area contributed by atoms with E-state index in [1.54, 1.807) is 10.8 Å². The summed E-state index contributed by atoms with van der Waals surface area (Å²) in [7, 11) is 3.79. The predicted octanol–water partition coefficient (Wildman–Crippen LogP) is 2.54. The normalized spacial score (nSPS) is 11.5. The molecule has 11 heavy (non-hydrogen) atoms. The van der Waals surface area contributed by atoms with Gasteiger partial charge in [0.05, 0.1) is 0 Å². The van der Waals surface area contributed by atoms with E-state index in [9.17, 15) is 0 Å². The summed E-state index contributed by atoms with van der Waals surface area (Å²) in [6.07, 6.45) is 1.30. The standard InChI is InChI=1S/C8H19NS2/c1-8(2)4-5-9(3)6-7-11-10/h8,10H,4-7H2,1-3H3. The highest BCUT2D eigenvalue weighted by Gasteiger charge is 1.99. The molecule has 0 aliphatic rings. The number of hydrogen-bond donors (Lipinski definition) is 1. The van der Waals surface area contributed by atoms with Crippen LogP contribution in [0.5, 0.6) is 0 Å². The van der Waals surface area contributed by atoms with Crippen LogP contribution in [0.1, 0.15) is 20.3 Å². The largest absolute Gasteiger partial charge is 0.306 e. The van der Waals surface area contributed by atoms with E-state index in [0.29, 0.717) is 0 Å². The van der Waals surface area contributed by atoms with E-state index in [1.165, 1.54) is 13.0 Å². The lowest BCUT2D eigenvalue weighted by atomic mass is 10.1. The summed E-state index contributed by atoms with van der Waals surface area (Å²) < 4.78 is 0. The van der Waals surface area contributed by atoms with Gasteiger partial charge in [-0.2, -0.15) is 0 Å². The van der Waals surface area contributed by atoms with Crippen molar-refractivity contribution < 1.29 is 0 Å². The highest BCUT2D eigenvalue weighted by atomic mass is 33.1. The second-order valence-corrected chi connectivity index (χ2v) is 4.76. The SMILES string of the molecule is CC(C)CCN(C)CCSS. The molecule has 0 fully saturated rings. The van der Waals surface area contributed by atoms with Crippen LogP contribution in [0.25, 0.3) is 0 Å². The van der Waals surface area contributed by atoms with Gasteiger partial charge in [0.1, 0.15) is 0 Å². The third kappa shape index (κ3) is 8.57. The molecule has 0 aliphatic carbocycles. The third-order valence-electron chi connectivity index (χ3n) is 1.65. The molecule has 68 valence electrons. The van der Waals surface area contributed by atoms with Crippen LogP contribution in [0.15, 0.2) is 0 Å². The summed E-state index contributed by atoms with van der Waals surface area (Å²) in [5, 5.41) is 0. The van der Waals surface area contributed by atoms with Gasteiger partial charge in [0.2, 0.25) is 0 Å². The van der Waals surface area contributed by atoms with Crippen LogP contribution >= 0.6 is 22.5 Å². The molecule has 0 bridgehead atoms. The van der Waals surface area contributed by atoms with Crippen molar-refractivity contribution in [1.82, 2.24) is 4.90 Å². The van der Waals surface area contributed by atoms with Crippen LogP contribution in [0.3, 0.4) is 0 Å². The Morgan fingerprint density at radius 2 is 2.00 bits per heavy atom. The highest BCUT2D eigenvalue weighted by Crippen LogP contribution is 2.05. The molecule has 0 N–H and O–H groups in total. The lowest BCUT2D eigenvalue weighted by Crippen LogP contribution is -2.23. The third-order valence-corrected chi connectivity index (χ3v) is 2.57. The Kier molecular flexibility index (Phi) is 7.76. The molecule has 0 aromatic carbocycles. The topological polar surface area (TPSA) is 3.24 Å². The number of hydrogen-bond acceptors (Lipinski definition) is 3. The molecule has 0 amide bonds. The second kappa shape index (κ2) is 7.32. The Bertz CT molecular complexity index is 86.2. The zero-order chi connectivity index (χ0) is 8.69. The van der Waals surface area contributed by atoms with Gasteiger partial charge in [-0.15, -0.1) is 11.7 Å².